The molecule has 3 rings (SSSR count). The fourth-order valence-corrected chi connectivity index (χ4v) is 4.02. The van der Waals surface area contributed by atoms with E-state index in [-0.39, 0.29) is 11.9 Å². The van der Waals surface area contributed by atoms with Gasteiger partial charge in [0.15, 0.2) is 0 Å². The zero-order valence-corrected chi connectivity index (χ0v) is 17.1. The summed E-state index contributed by atoms with van der Waals surface area (Å²) >= 11 is 1.79. The van der Waals surface area contributed by atoms with Crippen molar-refractivity contribution in [3.63, 3.8) is 0 Å². The molecule has 1 aromatic carbocycles. The van der Waals surface area contributed by atoms with Crippen molar-refractivity contribution in [2.75, 3.05) is 32.8 Å². The van der Waals surface area contributed by atoms with Crippen molar-refractivity contribution in [1.82, 2.24) is 10.2 Å². The third kappa shape index (κ3) is 5.61. The fourth-order valence-electron chi connectivity index (χ4n) is 3.18. The number of benzene rings is 1. The predicted molar refractivity (Wildman–Crippen MR) is 108 cm³/mol. The van der Waals surface area contributed by atoms with Crippen LogP contribution in [0.4, 0.5) is 0 Å². The zero-order chi connectivity index (χ0) is 19.2. The van der Waals surface area contributed by atoms with Gasteiger partial charge in [-0.2, -0.15) is 0 Å². The largest absolute Gasteiger partial charge is 0.465 e. The Morgan fingerprint density at radius 2 is 1.85 bits per heavy atom. The third-order valence-corrected chi connectivity index (χ3v) is 5.54. The Balaban J connectivity index is 1.64. The van der Waals surface area contributed by atoms with Crippen molar-refractivity contribution >= 4 is 17.7 Å². The highest BCUT2D eigenvalue weighted by Gasteiger charge is 2.25. The maximum Gasteiger partial charge on any atom is 0.251 e. The molecule has 0 bridgehead atoms. The Morgan fingerprint density at radius 1 is 1.15 bits per heavy atom. The van der Waals surface area contributed by atoms with Crippen LogP contribution in [0.5, 0.6) is 0 Å². The molecule has 6 heteroatoms. The van der Waals surface area contributed by atoms with Crippen LogP contribution in [0.25, 0.3) is 0 Å². The van der Waals surface area contributed by atoms with Gasteiger partial charge in [-0.15, -0.1) is 11.8 Å². The molecule has 1 amide bonds. The molecule has 2 aromatic rings. The lowest BCUT2D eigenvalue weighted by Gasteiger charge is -2.33. The number of furan rings is 1. The van der Waals surface area contributed by atoms with Crippen molar-refractivity contribution in [2.45, 2.75) is 37.0 Å². The summed E-state index contributed by atoms with van der Waals surface area (Å²) in [7, 11) is 0. The minimum atomic E-state index is -0.0577. The zero-order valence-electron chi connectivity index (χ0n) is 16.2. The first-order chi connectivity index (χ1) is 13.0. The van der Waals surface area contributed by atoms with Crippen molar-refractivity contribution in [3.8, 4) is 0 Å². The first kappa shape index (κ1) is 20.0. The smallest absolute Gasteiger partial charge is 0.251 e. The third-order valence-electron chi connectivity index (χ3n) is 4.52. The van der Waals surface area contributed by atoms with E-state index < -0.39 is 0 Å². The van der Waals surface area contributed by atoms with E-state index in [9.17, 15) is 4.79 Å². The van der Waals surface area contributed by atoms with E-state index in [0.717, 1.165) is 24.6 Å². The van der Waals surface area contributed by atoms with Gasteiger partial charge in [0.25, 0.3) is 5.91 Å². The molecule has 0 radical (unpaired) electrons. The Hall–Kier alpha value is -1.76. The second kappa shape index (κ2) is 9.44. The summed E-state index contributed by atoms with van der Waals surface area (Å²) in [5, 5.41) is 3.60. The summed E-state index contributed by atoms with van der Waals surface area (Å²) in [6, 6.07) is 11.8. The van der Waals surface area contributed by atoms with E-state index in [1.165, 1.54) is 4.90 Å². The molecule has 1 saturated heterocycles. The van der Waals surface area contributed by atoms with Crippen molar-refractivity contribution in [2.24, 2.45) is 0 Å². The Labute approximate surface area is 165 Å². The van der Waals surface area contributed by atoms with Crippen LogP contribution >= 0.6 is 11.8 Å². The van der Waals surface area contributed by atoms with Crippen LogP contribution in [-0.2, 0) is 4.74 Å². The Kier molecular flexibility index (Phi) is 6.99. The SMILES string of the molecule is Cc1ccc([C@H](CNC(=O)c2ccc(SC(C)C)cc2)N2CCOCC2)o1. The van der Waals surface area contributed by atoms with E-state index in [4.69, 9.17) is 9.15 Å². The maximum absolute atomic E-state index is 12.6. The number of amides is 1. The molecular weight excluding hydrogens is 360 g/mol. The molecule has 0 unspecified atom stereocenters. The molecule has 146 valence electrons. The first-order valence-electron chi connectivity index (χ1n) is 9.46. The number of nitrogens with zero attached hydrogens (tertiary/aromatic N) is 1. The number of hydrogen-bond donors (Lipinski definition) is 1. The monoisotopic (exact) mass is 388 g/mol. The Bertz CT molecular complexity index is 736. The normalized spacial score (nSPS) is 16.4. The molecule has 1 atom stereocenters. The average molecular weight is 389 g/mol. The summed E-state index contributed by atoms with van der Waals surface area (Å²) < 4.78 is 11.3. The van der Waals surface area contributed by atoms with E-state index in [0.29, 0.717) is 30.6 Å². The number of morpholine rings is 1. The number of thioether (sulfide) groups is 1. The van der Waals surface area contributed by atoms with Crippen molar-refractivity contribution in [1.29, 1.82) is 0 Å². The molecule has 1 aromatic heterocycles. The van der Waals surface area contributed by atoms with Crippen LogP contribution in [0.1, 0.15) is 41.8 Å². The molecule has 2 heterocycles. The maximum atomic E-state index is 12.6. The molecule has 1 fully saturated rings. The lowest BCUT2D eigenvalue weighted by molar-refractivity contribution is 0.0117. The number of rotatable bonds is 7. The van der Waals surface area contributed by atoms with Crippen LogP contribution in [0.3, 0.4) is 0 Å². The number of aryl methyl sites for hydroxylation is 1. The summed E-state index contributed by atoms with van der Waals surface area (Å²) in [5.74, 6) is 1.71. The van der Waals surface area contributed by atoms with E-state index in [1.54, 1.807) is 11.8 Å². The summed E-state index contributed by atoms with van der Waals surface area (Å²) in [5.41, 5.74) is 0.680. The molecule has 0 saturated carbocycles. The van der Waals surface area contributed by atoms with Crippen molar-refractivity contribution < 1.29 is 13.9 Å². The summed E-state index contributed by atoms with van der Waals surface area (Å²) in [6.07, 6.45) is 0. The Morgan fingerprint density at radius 3 is 2.44 bits per heavy atom. The lowest BCUT2D eigenvalue weighted by atomic mass is 10.1. The first-order valence-corrected chi connectivity index (χ1v) is 10.3. The number of ether oxygens (including phenoxy) is 1. The quantitative estimate of drug-likeness (QED) is 0.729. The average Bonchev–Trinajstić information content (AvgIpc) is 3.09. The van der Waals surface area contributed by atoms with Crippen LogP contribution in [0.15, 0.2) is 45.7 Å². The summed E-state index contributed by atoms with van der Waals surface area (Å²) in [4.78, 5) is 16.1. The molecule has 1 aliphatic heterocycles. The van der Waals surface area contributed by atoms with E-state index in [2.05, 4.69) is 24.1 Å². The van der Waals surface area contributed by atoms with E-state index in [1.807, 2.05) is 43.3 Å². The predicted octanol–water partition coefficient (Wildman–Crippen LogP) is 3.89. The second-order valence-electron chi connectivity index (χ2n) is 7.01. The molecule has 27 heavy (non-hydrogen) atoms. The van der Waals surface area contributed by atoms with Crippen LogP contribution in [0, 0.1) is 6.92 Å². The van der Waals surface area contributed by atoms with Gasteiger partial charge in [-0.1, -0.05) is 13.8 Å². The molecule has 1 N–H and O–H groups in total. The van der Waals surface area contributed by atoms with Gasteiger partial charge in [-0.05, 0) is 43.3 Å². The number of carbonyl (C=O) groups excluding carboxylic acids is 1. The van der Waals surface area contributed by atoms with Crippen LogP contribution in [0.2, 0.25) is 0 Å². The molecule has 0 aliphatic carbocycles. The minimum absolute atomic E-state index is 0.0160. The molecule has 1 aliphatic rings. The molecule has 5 nitrogen and oxygen atoms in total. The standard InChI is InChI=1S/C21H28N2O3S/c1-15(2)27-18-7-5-17(6-8-18)21(24)22-14-19(20-9-4-16(3)26-20)23-10-12-25-13-11-23/h4-9,15,19H,10-14H2,1-3H3,(H,22,24)/t19-/m0/s1. The van der Waals surface area contributed by atoms with Gasteiger partial charge in [-0.25, -0.2) is 0 Å². The van der Waals surface area contributed by atoms with Gasteiger partial charge in [-0.3, -0.25) is 9.69 Å². The summed E-state index contributed by atoms with van der Waals surface area (Å²) in [6.45, 7) is 9.85. The number of carbonyl (C=O) groups is 1. The topological polar surface area (TPSA) is 54.7 Å². The lowest BCUT2D eigenvalue weighted by Crippen LogP contribution is -2.43. The van der Waals surface area contributed by atoms with Gasteiger partial charge in [0.1, 0.15) is 11.5 Å². The van der Waals surface area contributed by atoms with Gasteiger partial charge >= 0.3 is 0 Å². The van der Waals surface area contributed by atoms with Gasteiger partial charge in [0, 0.05) is 35.3 Å². The van der Waals surface area contributed by atoms with Crippen LogP contribution < -0.4 is 5.32 Å². The fraction of sp³-hybridized carbons (Fsp3) is 0.476. The van der Waals surface area contributed by atoms with Crippen LogP contribution in [-0.4, -0.2) is 48.9 Å². The van der Waals surface area contributed by atoms with Gasteiger partial charge < -0.3 is 14.5 Å². The molecular formula is C21H28N2O3S. The van der Waals surface area contributed by atoms with E-state index >= 15 is 0 Å². The number of nitrogens with one attached hydrogen (secondary N) is 1. The highest BCUT2D eigenvalue weighted by atomic mass is 32.2. The second-order valence-corrected chi connectivity index (χ2v) is 8.66. The van der Waals surface area contributed by atoms with Crippen molar-refractivity contribution in [3.05, 3.63) is 53.5 Å². The minimum Gasteiger partial charge on any atom is -0.465 e. The highest BCUT2D eigenvalue weighted by Crippen LogP contribution is 2.24. The number of hydrogen-bond acceptors (Lipinski definition) is 5. The highest BCUT2D eigenvalue weighted by molar-refractivity contribution is 7.99. The molecule has 0 spiro atoms. The van der Waals surface area contributed by atoms with Gasteiger partial charge in [0.05, 0.1) is 19.3 Å². The van der Waals surface area contributed by atoms with Gasteiger partial charge in [0.2, 0.25) is 0 Å².